The van der Waals surface area contributed by atoms with Gasteiger partial charge in [-0.2, -0.15) is 0 Å². The van der Waals surface area contributed by atoms with Crippen molar-refractivity contribution >= 4 is 35.1 Å². The molecule has 0 unspecified atom stereocenters. The first-order valence-electron chi connectivity index (χ1n) is 8.12. The van der Waals surface area contributed by atoms with Gasteiger partial charge < -0.3 is 19.6 Å². The third kappa shape index (κ3) is 4.11. The van der Waals surface area contributed by atoms with E-state index in [4.69, 9.17) is 21.4 Å². The molecule has 2 atom stereocenters. The molecule has 1 N–H and O–H groups in total. The summed E-state index contributed by atoms with van der Waals surface area (Å²) in [5.74, 6) is -1.60. The van der Waals surface area contributed by atoms with Gasteiger partial charge in [0.2, 0.25) is 11.8 Å². The van der Waals surface area contributed by atoms with Gasteiger partial charge in [-0.3, -0.25) is 14.4 Å². The maximum absolute atomic E-state index is 12.7. The number of rotatable bonds is 4. The van der Waals surface area contributed by atoms with Gasteiger partial charge in [0.1, 0.15) is 0 Å². The van der Waals surface area contributed by atoms with Crippen molar-refractivity contribution in [1.82, 2.24) is 4.90 Å². The fourth-order valence-corrected chi connectivity index (χ4v) is 3.37. The predicted octanol–water partition coefficient (Wildman–Crippen LogP) is 1.40. The standard InChI is InChI=1S/C17H19ClN2O5/c18-12-1-3-13(4-2-12)20-9-11(7-15(20)21)17(24)19-5-6-25-14(10-19)8-16(22)23/h1-4,11,14H,5-10H2,(H,22,23)/t11-,14+/m1/s1. The van der Waals surface area contributed by atoms with E-state index in [-0.39, 0.29) is 31.2 Å². The largest absolute Gasteiger partial charge is 0.481 e. The Hall–Kier alpha value is -2.12. The zero-order valence-corrected chi connectivity index (χ0v) is 14.3. The van der Waals surface area contributed by atoms with E-state index in [0.717, 1.165) is 5.69 Å². The quantitative estimate of drug-likeness (QED) is 0.870. The summed E-state index contributed by atoms with van der Waals surface area (Å²) in [6.45, 7) is 1.29. The number of carbonyl (C=O) groups is 3. The summed E-state index contributed by atoms with van der Waals surface area (Å²) in [5, 5.41) is 9.46. The van der Waals surface area contributed by atoms with Gasteiger partial charge in [-0.25, -0.2) is 0 Å². The van der Waals surface area contributed by atoms with Crippen LogP contribution in [-0.4, -0.2) is 60.1 Å². The Bertz CT molecular complexity index is 678. The van der Waals surface area contributed by atoms with Crippen molar-refractivity contribution in [3.8, 4) is 0 Å². The summed E-state index contributed by atoms with van der Waals surface area (Å²) in [6, 6.07) is 6.92. The average Bonchev–Trinajstić information content (AvgIpc) is 2.96. The third-order valence-corrected chi connectivity index (χ3v) is 4.72. The summed E-state index contributed by atoms with van der Waals surface area (Å²) in [7, 11) is 0. The molecular formula is C17H19ClN2O5. The molecule has 1 aromatic carbocycles. The number of anilines is 1. The SMILES string of the molecule is O=C(O)C[C@H]1CN(C(=O)[C@@H]2CC(=O)N(c3ccc(Cl)cc3)C2)CCO1. The van der Waals surface area contributed by atoms with Crippen molar-refractivity contribution in [3.05, 3.63) is 29.3 Å². The maximum Gasteiger partial charge on any atom is 0.306 e. The Kier molecular flexibility index (Phi) is 5.24. The molecule has 0 aromatic heterocycles. The Morgan fingerprint density at radius 2 is 1.96 bits per heavy atom. The molecule has 8 heteroatoms. The van der Waals surface area contributed by atoms with Gasteiger partial charge in [-0.15, -0.1) is 0 Å². The molecule has 3 rings (SSSR count). The van der Waals surface area contributed by atoms with Crippen LogP contribution in [-0.2, 0) is 19.1 Å². The second-order valence-corrected chi connectivity index (χ2v) is 6.69. The zero-order chi connectivity index (χ0) is 18.0. The smallest absolute Gasteiger partial charge is 0.306 e. The summed E-state index contributed by atoms with van der Waals surface area (Å²) in [5.41, 5.74) is 0.718. The van der Waals surface area contributed by atoms with Gasteiger partial charge in [0, 0.05) is 36.8 Å². The highest BCUT2D eigenvalue weighted by Gasteiger charge is 2.38. The van der Waals surface area contributed by atoms with E-state index in [1.807, 2.05) is 0 Å². The van der Waals surface area contributed by atoms with Crippen LogP contribution in [0.1, 0.15) is 12.8 Å². The average molecular weight is 367 g/mol. The fraction of sp³-hybridized carbons (Fsp3) is 0.471. The van der Waals surface area contributed by atoms with E-state index < -0.39 is 18.0 Å². The van der Waals surface area contributed by atoms with E-state index >= 15 is 0 Å². The Morgan fingerprint density at radius 3 is 2.64 bits per heavy atom. The number of carbonyl (C=O) groups excluding carboxylic acids is 2. The molecule has 2 fully saturated rings. The molecular weight excluding hydrogens is 348 g/mol. The number of ether oxygens (including phenoxy) is 1. The molecule has 0 spiro atoms. The zero-order valence-electron chi connectivity index (χ0n) is 13.6. The van der Waals surface area contributed by atoms with E-state index in [1.54, 1.807) is 34.1 Å². The van der Waals surface area contributed by atoms with Crippen LogP contribution in [0.2, 0.25) is 5.02 Å². The number of halogens is 1. The number of carboxylic acid groups (broad SMARTS) is 1. The Morgan fingerprint density at radius 1 is 1.24 bits per heavy atom. The van der Waals surface area contributed by atoms with Crippen molar-refractivity contribution in [1.29, 1.82) is 0 Å². The lowest BCUT2D eigenvalue weighted by molar-refractivity contribution is -0.149. The predicted molar refractivity (Wildman–Crippen MR) is 90.5 cm³/mol. The molecule has 0 saturated carbocycles. The number of hydrogen-bond acceptors (Lipinski definition) is 4. The minimum absolute atomic E-state index is 0.101. The number of carboxylic acids is 1. The van der Waals surface area contributed by atoms with Gasteiger partial charge in [-0.05, 0) is 24.3 Å². The minimum atomic E-state index is -0.954. The minimum Gasteiger partial charge on any atom is -0.481 e. The fourth-order valence-electron chi connectivity index (χ4n) is 3.24. The van der Waals surface area contributed by atoms with Gasteiger partial charge in [0.25, 0.3) is 0 Å². The number of nitrogens with zero attached hydrogens (tertiary/aromatic N) is 2. The first-order chi connectivity index (χ1) is 11.9. The topological polar surface area (TPSA) is 87.2 Å². The first-order valence-corrected chi connectivity index (χ1v) is 8.50. The van der Waals surface area contributed by atoms with E-state index in [0.29, 0.717) is 24.7 Å². The first kappa shape index (κ1) is 17.7. The summed E-state index contributed by atoms with van der Waals surface area (Å²) >= 11 is 5.87. The molecule has 2 amide bonds. The molecule has 134 valence electrons. The molecule has 0 aliphatic carbocycles. The van der Waals surface area contributed by atoms with Gasteiger partial charge in [-0.1, -0.05) is 11.6 Å². The van der Waals surface area contributed by atoms with Crippen molar-refractivity contribution < 1.29 is 24.2 Å². The van der Waals surface area contributed by atoms with Crippen LogP contribution >= 0.6 is 11.6 Å². The second kappa shape index (κ2) is 7.41. The monoisotopic (exact) mass is 366 g/mol. The van der Waals surface area contributed by atoms with Crippen molar-refractivity contribution in [3.63, 3.8) is 0 Å². The number of amides is 2. The van der Waals surface area contributed by atoms with E-state index in [1.165, 1.54) is 0 Å². The van der Waals surface area contributed by atoms with Crippen molar-refractivity contribution in [2.24, 2.45) is 5.92 Å². The molecule has 2 aliphatic rings. The lowest BCUT2D eigenvalue weighted by atomic mass is 10.1. The van der Waals surface area contributed by atoms with Crippen LogP contribution < -0.4 is 4.90 Å². The lowest BCUT2D eigenvalue weighted by Crippen LogP contribution is -2.48. The van der Waals surface area contributed by atoms with E-state index in [2.05, 4.69) is 0 Å². The lowest BCUT2D eigenvalue weighted by Gasteiger charge is -2.33. The number of hydrogen-bond donors (Lipinski definition) is 1. The number of aliphatic carboxylic acids is 1. The maximum atomic E-state index is 12.7. The summed E-state index contributed by atoms with van der Waals surface area (Å²) in [6.07, 6.45) is -0.480. The van der Waals surface area contributed by atoms with Crippen LogP contribution in [0, 0.1) is 5.92 Å². The molecule has 7 nitrogen and oxygen atoms in total. The molecule has 25 heavy (non-hydrogen) atoms. The number of morpholine rings is 1. The molecule has 2 saturated heterocycles. The highest BCUT2D eigenvalue weighted by molar-refractivity contribution is 6.30. The highest BCUT2D eigenvalue weighted by Crippen LogP contribution is 2.28. The van der Waals surface area contributed by atoms with Crippen molar-refractivity contribution in [2.45, 2.75) is 18.9 Å². The van der Waals surface area contributed by atoms with E-state index in [9.17, 15) is 14.4 Å². The molecule has 0 bridgehead atoms. The molecule has 2 heterocycles. The number of benzene rings is 1. The second-order valence-electron chi connectivity index (χ2n) is 6.26. The van der Waals surface area contributed by atoms with Crippen molar-refractivity contribution in [2.75, 3.05) is 31.1 Å². The molecule has 1 aromatic rings. The van der Waals surface area contributed by atoms with Crippen LogP contribution in [0.25, 0.3) is 0 Å². The van der Waals surface area contributed by atoms with Crippen LogP contribution in [0.15, 0.2) is 24.3 Å². The van der Waals surface area contributed by atoms with Gasteiger partial charge in [0.05, 0.1) is 25.0 Å². The van der Waals surface area contributed by atoms with Crippen LogP contribution in [0.4, 0.5) is 5.69 Å². The Labute approximate surface area is 150 Å². The van der Waals surface area contributed by atoms with Gasteiger partial charge >= 0.3 is 5.97 Å². The molecule has 2 aliphatic heterocycles. The van der Waals surface area contributed by atoms with Crippen LogP contribution in [0.5, 0.6) is 0 Å². The Balaban J connectivity index is 1.64. The van der Waals surface area contributed by atoms with Crippen LogP contribution in [0.3, 0.4) is 0 Å². The van der Waals surface area contributed by atoms with Gasteiger partial charge in [0.15, 0.2) is 0 Å². The summed E-state index contributed by atoms with van der Waals surface area (Å²) < 4.78 is 5.39. The normalized spacial score (nSPS) is 23.8. The third-order valence-electron chi connectivity index (χ3n) is 4.47. The molecule has 0 radical (unpaired) electrons. The summed E-state index contributed by atoms with van der Waals surface area (Å²) in [4.78, 5) is 39.0. The highest BCUT2D eigenvalue weighted by atomic mass is 35.5.